The summed E-state index contributed by atoms with van der Waals surface area (Å²) >= 11 is 0. The molecule has 1 rings (SSSR count). The number of aromatic nitrogens is 3. The van der Waals surface area contributed by atoms with Crippen LogP contribution in [-0.2, 0) is 11.3 Å². The van der Waals surface area contributed by atoms with E-state index in [0.717, 1.165) is 6.42 Å². The lowest BCUT2D eigenvalue weighted by atomic mass is 9.90. The average Bonchev–Trinajstić information content (AvgIpc) is 2.84. The van der Waals surface area contributed by atoms with E-state index in [1.807, 2.05) is 27.7 Å². The second kappa shape index (κ2) is 6.64. The van der Waals surface area contributed by atoms with E-state index in [1.165, 1.54) is 6.20 Å². The molecule has 5 heteroatoms. The fourth-order valence-corrected chi connectivity index (χ4v) is 2.16. The Balaban J connectivity index is 3.05. The predicted octanol–water partition coefficient (Wildman–Crippen LogP) is 2.47. The van der Waals surface area contributed by atoms with Crippen molar-refractivity contribution in [3.63, 3.8) is 0 Å². The Morgan fingerprint density at radius 2 is 2.00 bits per heavy atom. The molecule has 0 unspecified atom stereocenters. The van der Waals surface area contributed by atoms with E-state index in [-0.39, 0.29) is 5.78 Å². The number of hydrogen-bond donors (Lipinski definition) is 0. The van der Waals surface area contributed by atoms with Crippen LogP contribution in [0.25, 0.3) is 0 Å². The third kappa shape index (κ3) is 2.77. The van der Waals surface area contributed by atoms with Crippen LogP contribution >= 0.6 is 0 Å². The van der Waals surface area contributed by atoms with Crippen molar-refractivity contribution in [2.75, 3.05) is 6.61 Å². The first-order valence-corrected chi connectivity index (χ1v) is 6.72. The molecule has 1 aromatic heterocycles. The standard InChI is InChI=1S/C13H23N3O2/c1-5-9-16-11(10-14-15-16)12(17)13(6-2,7-3)18-8-4/h10H,5-9H2,1-4H3. The molecule has 0 radical (unpaired) electrons. The molecule has 0 saturated carbocycles. The quantitative estimate of drug-likeness (QED) is 0.668. The molecule has 0 aromatic carbocycles. The number of aryl methyl sites for hydroxylation is 1. The van der Waals surface area contributed by atoms with Crippen LogP contribution in [-0.4, -0.2) is 33.0 Å². The number of rotatable bonds is 8. The lowest BCUT2D eigenvalue weighted by molar-refractivity contribution is -0.0257. The van der Waals surface area contributed by atoms with Gasteiger partial charge in [-0.3, -0.25) is 4.79 Å². The first-order valence-electron chi connectivity index (χ1n) is 6.72. The van der Waals surface area contributed by atoms with Gasteiger partial charge in [0.1, 0.15) is 11.3 Å². The topological polar surface area (TPSA) is 57.0 Å². The molecular formula is C13H23N3O2. The van der Waals surface area contributed by atoms with E-state index >= 15 is 0 Å². The summed E-state index contributed by atoms with van der Waals surface area (Å²) < 4.78 is 7.40. The molecule has 0 fully saturated rings. The minimum absolute atomic E-state index is 0.00667. The Bertz CT molecular complexity index is 383. The number of carbonyl (C=O) groups excluding carboxylic acids is 1. The summed E-state index contributed by atoms with van der Waals surface area (Å²) in [5, 5.41) is 7.80. The molecule has 0 aliphatic rings. The summed E-state index contributed by atoms with van der Waals surface area (Å²) in [7, 11) is 0. The van der Waals surface area contributed by atoms with E-state index in [9.17, 15) is 4.79 Å². The Morgan fingerprint density at radius 1 is 1.33 bits per heavy atom. The van der Waals surface area contributed by atoms with Gasteiger partial charge < -0.3 is 4.74 Å². The summed E-state index contributed by atoms with van der Waals surface area (Å²) in [4.78, 5) is 12.6. The summed E-state index contributed by atoms with van der Waals surface area (Å²) in [6, 6.07) is 0. The van der Waals surface area contributed by atoms with Gasteiger partial charge in [-0.05, 0) is 26.2 Å². The molecule has 0 bridgehead atoms. The third-order valence-corrected chi connectivity index (χ3v) is 3.26. The minimum atomic E-state index is -0.734. The van der Waals surface area contributed by atoms with E-state index < -0.39 is 5.60 Å². The van der Waals surface area contributed by atoms with E-state index in [2.05, 4.69) is 10.3 Å². The van der Waals surface area contributed by atoms with Gasteiger partial charge in [0, 0.05) is 13.2 Å². The second-order valence-electron chi connectivity index (χ2n) is 4.31. The highest BCUT2D eigenvalue weighted by Crippen LogP contribution is 2.25. The molecule has 0 spiro atoms. The van der Waals surface area contributed by atoms with Crippen LogP contribution in [0.4, 0.5) is 0 Å². The molecule has 0 aliphatic heterocycles. The van der Waals surface area contributed by atoms with Gasteiger partial charge in [0.05, 0.1) is 6.20 Å². The number of hydrogen-bond acceptors (Lipinski definition) is 4. The van der Waals surface area contributed by atoms with E-state index in [0.29, 0.717) is 31.7 Å². The number of ether oxygens (including phenoxy) is 1. The fraction of sp³-hybridized carbons (Fsp3) is 0.769. The third-order valence-electron chi connectivity index (χ3n) is 3.26. The van der Waals surface area contributed by atoms with Crippen LogP contribution in [0, 0.1) is 0 Å². The Kier molecular flexibility index (Phi) is 5.47. The van der Waals surface area contributed by atoms with Gasteiger partial charge in [-0.15, -0.1) is 5.10 Å². The molecular weight excluding hydrogens is 230 g/mol. The van der Waals surface area contributed by atoms with Crippen LogP contribution in [0.15, 0.2) is 6.20 Å². The minimum Gasteiger partial charge on any atom is -0.367 e. The first-order chi connectivity index (χ1) is 8.65. The van der Waals surface area contributed by atoms with Crippen LogP contribution in [0.1, 0.15) is 57.4 Å². The maximum Gasteiger partial charge on any atom is 0.214 e. The predicted molar refractivity (Wildman–Crippen MR) is 69.6 cm³/mol. The lowest BCUT2D eigenvalue weighted by Crippen LogP contribution is -2.41. The molecule has 1 aromatic rings. The summed E-state index contributed by atoms with van der Waals surface area (Å²) in [6.07, 6.45) is 3.78. The van der Waals surface area contributed by atoms with Gasteiger partial charge in [0.25, 0.3) is 0 Å². The van der Waals surface area contributed by atoms with Crippen LogP contribution in [0.3, 0.4) is 0 Å². The Labute approximate surface area is 109 Å². The molecule has 0 atom stereocenters. The van der Waals surface area contributed by atoms with Crippen LogP contribution in [0.2, 0.25) is 0 Å². The monoisotopic (exact) mass is 253 g/mol. The number of ketones is 1. The highest BCUT2D eigenvalue weighted by atomic mass is 16.5. The molecule has 0 saturated heterocycles. The van der Waals surface area contributed by atoms with Crippen molar-refractivity contribution in [2.24, 2.45) is 0 Å². The van der Waals surface area contributed by atoms with Crippen molar-refractivity contribution in [3.05, 3.63) is 11.9 Å². The molecule has 102 valence electrons. The summed E-state index contributed by atoms with van der Waals surface area (Å²) in [5.41, 5.74) is -0.184. The van der Waals surface area contributed by atoms with Gasteiger partial charge in [-0.1, -0.05) is 26.0 Å². The zero-order valence-corrected chi connectivity index (χ0v) is 11.8. The van der Waals surface area contributed by atoms with Crippen LogP contribution in [0.5, 0.6) is 0 Å². The zero-order chi connectivity index (χ0) is 13.6. The van der Waals surface area contributed by atoms with Crippen molar-refractivity contribution in [1.82, 2.24) is 15.0 Å². The molecule has 18 heavy (non-hydrogen) atoms. The molecule has 1 heterocycles. The molecule has 0 aliphatic carbocycles. The maximum absolute atomic E-state index is 12.6. The van der Waals surface area contributed by atoms with Gasteiger partial charge in [0.15, 0.2) is 0 Å². The van der Waals surface area contributed by atoms with Gasteiger partial charge in [-0.25, -0.2) is 4.68 Å². The summed E-state index contributed by atoms with van der Waals surface area (Å²) in [6.45, 7) is 9.15. The van der Waals surface area contributed by atoms with Crippen molar-refractivity contribution in [2.45, 2.75) is 59.1 Å². The first kappa shape index (κ1) is 14.8. The lowest BCUT2D eigenvalue weighted by Gasteiger charge is -2.29. The normalized spacial score (nSPS) is 11.8. The van der Waals surface area contributed by atoms with Crippen molar-refractivity contribution in [3.8, 4) is 0 Å². The zero-order valence-electron chi connectivity index (χ0n) is 11.8. The molecule has 5 nitrogen and oxygen atoms in total. The van der Waals surface area contributed by atoms with E-state index in [1.54, 1.807) is 4.68 Å². The highest BCUT2D eigenvalue weighted by Gasteiger charge is 2.38. The molecule has 0 amide bonds. The van der Waals surface area contributed by atoms with Crippen molar-refractivity contribution < 1.29 is 9.53 Å². The average molecular weight is 253 g/mol. The SMILES string of the molecule is CCCn1nncc1C(=O)C(CC)(CC)OCC. The van der Waals surface area contributed by atoms with Gasteiger partial charge in [-0.2, -0.15) is 0 Å². The Morgan fingerprint density at radius 3 is 2.50 bits per heavy atom. The fourth-order valence-electron chi connectivity index (χ4n) is 2.16. The number of nitrogens with zero attached hydrogens (tertiary/aromatic N) is 3. The van der Waals surface area contributed by atoms with Crippen molar-refractivity contribution in [1.29, 1.82) is 0 Å². The number of Topliss-reactive ketones (excluding diaryl/α,β-unsaturated/α-hetero) is 1. The maximum atomic E-state index is 12.6. The highest BCUT2D eigenvalue weighted by molar-refractivity contribution is 6.00. The van der Waals surface area contributed by atoms with Gasteiger partial charge in [0.2, 0.25) is 5.78 Å². The largest absolute Gasteiger partial charge is 0.367 e. The Hall–Kier alpha value is -1.23. The number of carbonyl (C=O) groups is 1. The van der Waals surface area contributed by atoms with Crippen molar-refractivity contribution >= 4 is 5.78 Å². The van der Waals surface area contributed by atoms with E-state index in [4.69, 9.17) is 4.74 Å². The summed E-state index contributed by atoms with van der Waals surface area (Å²) in [5.74, 6) is -0.00667. The van der Waals surface area contributed by atoms with Gasteiger partial charge >= 0.3 is 0 Å². The second-order valence-corrected chi connectivity index (χ2v) is 4.31. The van der Waals surface area contributed by atoms with Crippen LogP contribution < -0.4 is 0 Å². The molecule has 0 N–H and O–H groups in total. The smallest absolute Gasteiger partial charge is 0.214 e.